The predicted molar refractivity (Wildman–Crippen MR) is 280 cm³/mol. The summed E-state index contributed by atoms with van der Waals surface area (Å²) in [7, 11) is 0. The lowest BCUT2D eigenvalue weighted by Gasteiger charge is -2.34. The molecule has 0 radical (unpaired) electrons. The fraction of sp³-hybridized carbons (Fsp3) is 0.545. The van der Waals surface area contributed by atoms with Gasteiger partial charge >= 0.3 is 6.03 Å². The van der Waals surface area contributed by atoms with Gasteiger partial charge in [0.1, 0.15) is 18.1 Å². The van der Waals surface area contributed by atoms with Gasteiger partial charge in [0.2, 0.25) is 11.8 Å². The molecule has 18 nitrogen and oxygen atoms in total. The highest BCUT2D eigenvalue weighted by atomic mass is 32.2. The van der Waals surface area contributed by atoms with Crippen molar-refractivity contribution in [3.8, 4) is 17.9 Å². The zero-order valence-electron chi connectivity index (χ0n) is 42.7. The largest absolute Gasteiger partial charge is 0.377 e. The number of unbranched alkanes of at least 4 members (excludes halogenated alkanes) is 1. The number of benzene rings is 2. The van der Waals surface area contributed by atoms with Crippen molar-refractivity contribution in [2.24, 2.45) is 5.92 Å². The third-order valence-corrected chi connectivity index (χ3v) is 15.2. The van der Waals surface area contributed by atoms with Gasteiger partial charge in [0.15, 0.2) is 5.78 Å². The number of ether oxygens (including phenoxy) is 4. The number of halogens is 1. The highest BCUT2D eigenvalue weighted by Crippen LogP contribution is 2.33. The molecule has 7 rings (SSSR count). The minimum Gasteiger partial charge on any atom is -0.377 e. The van der Waals surface area contributed by atoms with Gasteiger partial charge in [-0.15, -0.1) is 0 Å². The summed E-state index contributed by atoms with van der Waals surface area (Å²) in [4.78, 5) is 74.8. The number of pyridine rings is 1. The lowest BCUT2D eigenvalue weighted by Crippen LogP contribution is -2.48. The molecular formula is C55H70FN9O9S. The van der Waals surface area contributed by atoms with Crippen molar-refractivity contribution in [3.05, 3.63) is 100 Å². The van der Waals surface area contributed by atoms with Gasteiger partial charge < -0.3 is 45.1 Å². The molecule has 0 aliphatic carbocycles. The third kappa shape index (κ3) is 19.0. The normalized spacial score (nSPS) is 18.8. The van der Waals surface area contributed by atoms with E-state index in [1.807, 2.05) is 36.0 Å². The SMILES string of the molecule is N#Cc1ccc(CN2CCC(CC(=O)c3ncc(C(=O)N4CCN(Cc5ccc(F)cc5)CC4)cc3C#CCNC(=O)COCCOCCOCCOCCNC(=O)CCCC[C@@H]3SC[C@@H]4NC(=O)N[C@@H]43)CC2)cc1. The second kappa shape index (κ2) is 30.5. The van der Waals surface area contributed by atoms with Crippen LogP contribution in [0.4, 0.5) is 9.18 Å². The Labute approximate surface area is 443 Å². The van der Waals surface area contributed by atoms with Crippen molar-refractivity contribution in [2.75, 3.05) is 111 Å². The smallest absolute Gasteiger partial charge is 0.315 e. The zero-order chi connectivity index (χ0) is 52.6. The summed E-state index contributed by atoms with van der Waals surface area (Å²) < 4.78 is 35.5. The van der Waals surface area contributed by atoms with Crippen molar-refractivity contribution < 1.29 is 47.3 Å². The molecule has 1 aromatic heterocycles. The van der Waals surface area contributed by atoms with Crippen molar-refractivity contribution in [2.45, 2.75) is 75.4 Å². The monoisotopic (exact) mass is 1050 g/mol. The molecule has 4 fully saturated rings. The standard InChI is InChI=1S/C55H70FN9O9S/c56-46-13-11-43(12-14-46)37-64-21-23-65(24-22-64)54(69)45-33-44(52(60-35-45)48(66)32-40-15-19-63(20-16-40)36-42-9-7-41(34-57)8-10-42)4-3-17-58-51(68)38-74-31-30-73-29-28-72-27-26-71-25-18-59-50(67)6-2-1-5-49-53-47(39-75-49)61-55(70)62-53/h7-14,33,35,40,47,49,53H,1-2,5-6,15-32,36-39H2,(H,58,68)(H,59,67)(H2,61,62,70)/t47-,49-,53-/m0/s1. The van der Waals surface area contributed by atoms with E-state index in [1.54, 1.807) is 23.1 Å². The van der Waals surface area contributed by atoms with Gasteiger partial charge in [0.05, 0.1) is 87.6 Å². The Bertz CT molecular complexity index is 2450. The minimum absolute atomic E-state index is 0.00570. The van der Waals surface area contributed by atoms with Crippen LogP contribution in [0.15, 0.2) is 60.8 Å². The molecule has 4 N–H and O–H groups in total. The van der Waals surface area contributed by atoms with Gasteiger partial charge in [0.25, 0.3) is 5.91 Å². The molecule has 4 saturated heterocycles. The molecule has 402 valence electrons. The molecule has 0 spiro atoms. The van der Waals surface area contributed by atoms with Crippen LogP contribution < -0.4 is 21.3 Å². The van der Waals surface area contributed by atoms with E-state index in [0.29, 0.717) is 107 Å². The summed E-state index contributed by atoms with van der Waals surface area (Å²) in [6, 6.07) is 18.1. The van der Waals surface area contributed by atoms with E-state index in [9.17, 15) is 28.4 Å². The van der Waals surface area contributed by atoms with Gasteiger partial charge in [-0.3, -0.25) is 34.0 Å². The molecule has 4 aliphatic heterocycles. The first-order chi connectivity index (χ1) is 36.6. The van der Waals surface area contributed by atoms with Gasteiger partial charge in [-0.25, -0.2) is 9.18 Å². The predicted octanol–water partition coefficient (Wildman–Crippen LogP) is 3.91. The average Bonchev–Trinajstić information content (AvgIpc) is 3.99. The Morgan fingerprint density at radius 2 is 1.44 bits per heavy atom. The number of urea groups is 1. The number of nitriles is 1. The molecule has 0 bridgehead atoms. The van der Waals surface area contributed by atoms with Crippen LogP contribution in [0.1, 0.15) is 88.0 Å². The van der Waals surface area contributed by atoms with Gasteiger partial charge in [-0.05, 0) is 86.1 Å². The van der Waals surface area contributed by atoms with Gasteiger partial charge in [-0.2, -0.15) is 17.0 Å². The third-order valence-electron chi connectivity index (χ3n) is 13.6. The number of Topliss-reactive ketones (excluding diaryl/α,β-unsaturated/α-hetero) is 1. The Hall–Kier alpha value is -5.97. The molecule has 2 aromatic carbocycles. The highest BCUT2D eigenvalue weighted by Gasteiger charge is 2.42. The summed E-state index contributed by atoms with van der Waals surface area (Å²) in [5.41, 5.74) is 3.62. The van der Waals surface area contributed by atoms with Crippen LogP contribution in [0.5, 0.6) is 0 Å². The molecule has 3 atom stereocenters. The number of piperidine rings is 1. The van der Waals surface area contributed by atoms with Crippen LogP contribution in [-0.2, 0) is 41.6 Å². The van der Waals surface area contributed by atoms with Crippen molar-refractivity contribution in [3.63, 3.8) is 0 Å². The maximum Gasteiger partial charge on any atom is 0.315 e. The Balaban J connectivity index is 0.758. The van der Waals surface area contributed by atoms with Gasteiger partial charge in [-0.1, -0.05) is 42.5 Å². The first-order valence-electron chi connectivity index (χ1n) is 26.1. The number of aromatic nitrogens is 1. The van der Waals surface area contributed by atoms with Crippen LogP contribution >= 0.6 is 11.8 Å². The summed E-state index contributed by atoms with van der Waals surface area (Å²) in [5, 5.41) is 21.1. The molecule has 5 heterocycles. The van der Waals surface area contributed by atoms with E-state index in [0.717, 1.165) is 68.6 Å². The molecule has 3 aromatic rings. The van der Waals surface area contributed by atoms with Crippen LogP contribution in [0, 0.1) is 34.9 Å². The Morgan fingerprint density at radius 1 is 0.787 bits per heavy atom. The fourth-order valence-electron chi connectivity index (χ4n) is 9.47. The van der Waals surface area contributed by atoms with E-state index < -0.39 is 0 Å². The molecule has 20 heteroatoms. The fourth-order valence-corrected chi connectivity index (χ4v) is 11.0. The maximum atomic E-state index is 13.9. The molecule has 0 saturated carbocycles. The van der Waals surface area contributed by atoms with Crippen molar-refractivity contribution in [1.29, 1.82) is 5.26 Å². The average molecular weight is 1050 g/mol. The first-order valence-corrected chi connectivity index (χ1v) is 27.2. The van der Waals surface area contributed by atoms with E-state index in [1.165, 1.54) is 18.3 Å². The number of carbonyl (C=O) groups excluding carboxylic acids is 5. The summed E-state index contributed by atoms with van der Waals surface area (Å²) in [6.45, 7) is 7.93. The topological polar surface area (TPSA) is 217 Å². The number of amides is 5. The number of thioether (sulfide) groups is 1. The van der Waals surface area contributed by atoms with E-state index in [4.69, 9.17) is 24.2 Å². The quantitative estimate of drug-likeness (QED) is 0.0351. The zero-order valence-corrected chi connectivity index (χ0v) is 43.5. The second-order valence-corrected chi connectivity index (χ2v) is 20.4. The number of likely N-dealkylation sites (tertiary alicyclic amines) is 1. The molecule has 0 unspecified atom stereocenters. The highest BCUT2D eigenvalue weighted by molar-refractivity contribution is 8.00. The number of hydrogen-bond acceptors (Lipinski definition) is 14. The van der Waals surface area contributed by atoms with Crippen LogP contribution in [-0.4, -0.2) is 178 Å². The molecule has 5 amide bonds. The minimum atomic E-state index is -0.373. The Kier molecular flexibility index (Phi) is 23.1. The maximum absolute atomic E-state index is 13.9. The van der Waals surface area contributed by atoms with Crippen LogP contribution in [0.25, 0.3) is 0 Å². The number of fused-ring (bicyclic) bond motifs is 1. The first kappa shape index (κ1) is 56.8. The lowest BCUT2D eigenvalue weighted by atomic mass is 9.90. The Morgan fingerprint density at radius 3 is 2.13 bits per heavy atom. The number of nitrogens with zero attached hydrogens (tertiary/aromatic N) is 5. The number of carbonyl (C=O) groups is 5. The molecular weight excluding hydrogens is 982 g/mol. The second-order valence-electron chi connectivity index (χ2n) is 19.2. The number of ketones is 1. The summed E-state index contributed by atoms with van der Waals surface area (Å²) in [6.07, 6.45) is 6.63. The van der Waals surface area contributed by atoms with E-state index >= 15 is 0 Å². The van der Waals surface area contributed by atoms with E-state index in [2.05, 4.69) is 54.0 Å². The van der Waals surface area contributed by atoms with E-state index in [-0.39, 0.29) is 85.4 Å². The van der Waals surface area contributed by atoms with Crippen molar-refractivity contribution >= 4 is 41.3 Å². The summed E-state index contributed by atoms with van der Waals surface area (Å²) >= 11 is 1.88. The van der Waals surface area contributed by atoms with Crippen LogP contribution in [0.3, 0.4) is 0 Å². The molecule has 75 heavy (non-hydrogen) atoms. The summed E-state index contributed by atoms with van der Waals surface area (Å²) in [5.74, 6) is 6.05. The number of rotatable bonds is 28. The molecule has 4 aliphatic rings. The van der Waals surface area contributed by atoms with Crippen molar-refractivity contribution in [1.82, 2.24) is 41.0 Å². The van der Waals surface area contributed by atoms with Gasteiger partial charge in [0, 0.05) is 75.9 Å². The number of nitrogens with one attached hydrogen (secondary N) is 4. The number of hydrogen-bond donors (Lipinski definition) is 4. The number of piperazine rings is 1. The van der Waals surface area contributed by atoms with Crippen LogP contribution in [0.2, 0.25) is 0 Å². The lowest BCUT2D eigenvalue weighted by molar-refractivity contribution is -0.126.